The van der Waals surface area contributed by atoms with Crippen molar-refractivity contribution in [2.24, 2.45) is 0 Å². The molecule has 1 amide bonds. The number of likely N-dealkylation sites (N-methyl/N-ethyl adjacent to an activating group) is 1. The molecular weight excluding hydrogens is 780 g/mol. The Morgan fingerprint density at radius 3 is 1.26 bits per heavy atom. The first-order valence-corrected chi connectivity index (χ1v) is 27.7. The van der Waals surface area contributed by atoms with Crippen LogP contribution < -0.4 is 5.32 Å². The van der Waals surface area contributed by atoms with Crippen molar-refractivity contribution in [1.29, 1.82) is 0 Å². The molecule has 0 fully saturated rings. The van der Waals surface area contributed by atoms with Crippen molar-refractivity contribution >= 4 is 13.7 Å². The van der Waals surface area contributed by atoms with Gasteiger partial charge in [-0.3, -0.25) is 13.8 Å². The summed E-state index contributed by atoms with van der Waals surface area (Å²) in [5.74, 6) is -0.183. The lowest BCUT2D eigenvalue weighted by atomic mass is 10.0. The fourth-order valence-electron chi connectivity index (χ4n) is 7.74. The van der Waals surface area contributed by atoms with Crippen LogP contribution in [0, 0.1) is 0 Å². The molecule has 0 aromatic carbocycles. The van der Waals surface area contributed by atoms with Crippen molar-refractivity contribution in [3.8, 4) is 0 Å². The number of unbranched alkanes of at least 4 members (excludes halogenated alkanes) is 33. The Morgan fingerprint density at radius 2 is 0.885 bits per heavy atom. The minimum absolute atomic E-state index is 0.0613. The second kappa shape index (κ2) is 44.2. The number of carbonyl (C=O) groups excluding carboxylic acids is 1. The van der Waals surface area contributed by atoms with Gasteiger partial charge in [0.25, 0.3) is 0 Å². The summed E-state index contributed by atoms with van der Waals surface area (Å²) in [6.07, 6.45) is 54.0. The lowest BCUT2D eigenvalue weighted by molar-refractivity contribution is -0.870. The van der Waals surface area contributed by atoms with Gasteiger partial charge in [0.15, 0.2) is 0 Å². The van der Waals surface area contributed by atoms with Crippen molar-refractivity contribution in [2.75, 3.05) is 40.9 Å². The Hall–Kier alpha value is -1.02. The second-order valence-corrected chi connectivity index (χ2v) is 20.7. The molecule has 3 atom stereocenters. The number of amides is 1. The number of rotatable bonds is 48. The number of nitrogens with one attached hydrogen (secondary N) is 1. The first-order chi connectivity index (χ1) is 29.5. The second-order valence-electron chi connectivity index (χ2n) is 19.3. The zero-order valence-corrected chi connectivity index (χ0v) is 42.1. The molecule has 362 valence electrons. The van der Waals surface area contributed by atoms with E-state index in [1.165, 1.54) is 180 Å². The summed E-state index contributed by atoms with van der Waals surface area (Å²) in [5.41, 5.74) is 0. The quantitative estimate of drug-likeness (QED) is 0.0243. The average molecular weight is 884 g/mol. The third-order valence-electron chi connectivity index (χ3n) is 11.9. The SMILES string of the molecule is CCCCCCCC/C=C\CCCCCCCC(=O)NC(COP(=O)(O)OCC[N+](C)(C)C)C(O)/C=C/CCCCCCCCCCCCCCCCCCCCCCCC. The maximum Gasteiger partial charge on any atom is 0.472 e. The Bertz CT molecular complexity index is 1050. The molecule has 0 saturated heterocycles. The van der Waals surface area contributed by atoms with Crippen molar-refractivity contribution in [2.45, 2.75) is 264 Å². The fraction of sp³-hybridized carbons (Fsp3) is 0.904. The number of hydrogen-bond donors (Lipinski definition) is 3. The van der Waals surface area contributed by atoms with Crippen molar-refractivity contribution in [3.05, 3.63) is 24.3 Å². The molecular formula is C52H104N2O6P+. The van der Waals surface area contributed by atoms with Gasteiger partial charge in [0.2, 0.25) is 5.91 Å². The molecule has 0 bridgehead atoms. The van der Waals surface area contributed by atoms with Crippen LogP contribution in [0.25, 0.3) is 0 Å². The van der Waals surface area contributed by atoms with Crippen LogP contribution in [0.4, 0.5) is 0 Å². The van der Waals surface area contributed by atoms with Crippen molar-refractivity contribution in [1.82, 2.24) is 5.32 Å². The highest BCUT2D eigenvalue weighted by molar-refractivity contribution is 7.47. The number of aliphatic hydroxyl groups is 1. The van der Waals surface area contributed by atoms with Crippen LogP contribution in [-0.2, 0) is 18.4 Å². The van der Waals surface area contributed by atoms with Crippen molar-refractivity contribution in [3.63, 3.8) is 0 Å². The van der Waals surface area contributed by atoms with Crippen molar-refractivity contribution < 1.29 is 32.9 Å². The maximum atomic E-state index is 12.9. The normalized spacial score (nSPS) is 14.3. The highest BCUT2D eigenvalue weighted by atomic mass is 31.2. The maximum absolute atomic E-state index is 12.9. The summed E-state index contributed by atoms with van der Waals surface area (Å²) in [5, 5.41) is 13.9. The van der Waals surface area contributed by atoms with E-state index in [2.05, 4.69) is 31.3 Å². The Balaban J connectivity index is 4.25. The van der Waals surface area contributed by atoms with Gasteiger partial charge in [-0.25, -0.2) is 4.57 Å². The Labute approximate surface area is 379 Å². The molecule has 0 aliphatic rings. The lowest BCUT2D eigenvalue weighted by Gasteiger charge is -2.25. The first kappa shape index (κ1) is 60.0. The van der Waals surface area contributed by atoms with Gasteiger partial charge in [-0.15, -0.1) is 0 Å². The number of quaternary nitrogens is 1. The van der Waals surface area contributed by atoms with Crippen LogP contribution in [0.1, 0.15) is 251 Å². The molecule has 9 heteroatoms. The van der Waals surface area contributed by atoms with Gasteiger partial charge in [-0.05, 0) is 44.9 Å². The lowest BCUT2D eigenvalue weighted by Crippen LogP contribution is -2.45. The van der Waals surface area contributed by atoms with E-state index in [1.54, 1.807) is 6.08 Å². The monoisotopic (exact) mass is 884 g/mol. The highest BCUT2D eigenvalue weighted by Gasteiger charge is 2.27. The first-order valence-electron chi connectivity index (χ1n) is 26.2. The van der Waals surface area contributed by atoms with Crippen LogP contribution in [0.5, 0.6) is 0 Å². The largest absolute Gasteiger partial charge is 0.472 e. The minimum Gasteiger partial charge on any atom is -0.387 e. The predicted molar refractivity (Wildman–Crippen MR) is 263 cm³/mol. The molecule has 0 rings (SSSR count). The Morgan fingerprint density at radius 1 is 0.541 bits per heavy atom. The zero-order valence-electron chi connectivity index (χ0n) is 41.2. The van der Waals surface area contributed by atoms with Crippen LogP contribution in [0.2, 0.25) is 0 Å². The van der Waals surface area contributed by atoms with E-state index >= 15 is 0 Å². The van der Waals surface area contributed by atoms with Gasteiger partial charge in [0.1, 0.15) is 13.2 Å². The summed E-state index contributed by atoms with van der Waals surface area (Å²) in [6.45, 7) is 4.83. The standard InChI is InChI=1S/C52H103N2O6P/c1-6-8-10-12-14-16-18-20-22-23-24-25-26-27-28-29-30-32-33-35-37-39-41-43-45-51(55)50(49-60-61(57,58)59-48-47-54(3,4)5)53-52(56)46-44-42-40-38-36-34-31-21-19-17-15-13-11-9-7-2/h21,31,43,45,50-51,55H,6-20,22-30,32-42,44,46-49H2,1-5H3,(H-,53,56,57,58)/p+1/b31-21-,45-43+. The van der Waals surface area contributed by atoms with Gasteiger partial charge in [0.05, 0.1) is 39.9 Å². The molecule has 3 N–H and O–H groups in total. The van der Waals surface area contributed by atoms with Gasteiger partial charge in [-0.2, -0.15) is 0 Å². The molecule has 0 radical (unpaired) electrons. The van der Waals surface area contributed by atoms with Gasteiger partial charge < -0.3 is 19.8 Å². The summed E-state index contributed by atoms with van der Waals surface area (Å²) in [7, 11) is 1.57. The summed E-state index contributed by atoms with van der Waals surface area (Å²) in [4.78, 5) is 23.2. The van der Waals surface area contributed by atoms with E-state index in [-0.39, 0.29) is 19.1 Å². The number of phosphoric acid groups is 1. The summed E-state index contributed by atoms with van der Waals surface area (Å²) in [6, 6.07) is -0.848. The van der Waals surface area contributed by atoms with E-state index in [0.29, 0.717) is 17.4 Å². The number of allylic oxidation sites excluding steroid dienone is 3. The smallest absolute Gasteiger partial charge is 0.387 e. The molecule has 0 aromatic heterocycles. The number of nitrogens with zero attached hydrogens (tertiary/aromatic N) is 1. The number of phosphoric ester groups is 1. The third-order valence-corrected chi connectivity index (χ3v) is 12.9. The number of hydrogen-bond acceptors (Lipinski definition) is 5. The predicted octanol–water partition coefficient (Wildman–Crippen LogP) is 15.3. The van der Waals surface area contributed by atoms with E-state index in [4.69, 9.17) is 9.05 Å². The van der Waals surface area contributed by atoms with Crippen LogP contribution >= 0.6 is 7.82 Å². The Kier molecular flexibility index (Phi) is 43.5. The molecule has 0 aromatic rings. The average Bonchev–Trinajstić information content (AvgIpc) is 3.21. The van der Waals surface area contributed by atoms with Crippen LogP contribution in [-0.4, -0.2) is 73.4 Å². The fourth-order valence-corrected chi connectivity index (χ4v) is 8.48. The van der Waals surface area contributed by atoms with E-state index in [1.807, 2.05) is 27.2 Å². The molecule has 0 saturated carbocycles. The molecule has 8 nitrogen and oxygen atoms in total. The van der Waals surface area contributed by atoms with Gasteiger partial charge >= 0.3 is 7.82 Å². The molecule has 0 heterocycles. The number of aliphatic hydroxyl groups excluding tert-OH is 1. The number of carbonyl (C=O) groups is 1. The van der Waals surface area contributed by atoms with E-state index in [0.717, 1.165) is 51.4 Å². The zero-order chi connectivity index (χ0) is 45.0. The molecule has 3 unspecified atom stereocenters. The van der Waals surface area contributed by atoms with Gasteiger partial charge in [0, 0.05) is 6.42 Å². The summed E-state index contributed by atoms with van der Waals surface area (Å²) < 4.78 is 23.6. The molecule has 0 aliphatic heterocycles. The molecule has 0 spiro atoms. The topological polar surface area (TPSA) is 105 Å². The summed E-state index contributed by atoms with van der Waals surface area (Å²) >= 11 is 0. The molecule has 0 aliphatic carbocycles. The van der Waals surface area contributed by atoms with Crippen LogP contribution in [0.3, 0.4) is 0 Å². The molecule has 61 heavy (non-hydrogen) atoms. The van der Waals surface area contributed by atoms with E-state index in [9.17, 15) is 19.4 Å². The van der Waals surface area contributed by atoms with Crippen LogP contribution in [0.15, 0.2) is 24.3 Å². The highest BCUT2D eigenvalue weighted by Crippen LogP contribution is 2.43. The third kappa shape index (κ3) is 46.8. The van der Waals surface area contributed by atoms with E-state index < -0.39 is 20.0 Å². The van der Waals surface area contributed by atoms with Gasteiger partial charge in [-0.1, -0.05) is 224 Å². The minimum atomic E-state index is -4.34.